The van der Waals surface area contributed by atoms with E-state index in [1.54, 1.807) is 42.2 Å². The Kier molecular flexibility index (Phi) is 4.17. The van der Waals surface area contributed by atoms with E-state index in [0.29, 0.717) is 23.4 Å². The van der Waals surface area contributed by atoms with E-state index in [0.717, 1.165) is 5.56 Å². The fraction of sp³-hybridized carbons (Fsp3) is 0.235. The van der Waals surface area contributed by atoms with Gasteiger partial charge in [-0.2, -0.15) is 0 Å². The Balaban J connectivity index is 2.43. The Hall–Kier alpha value is -2.49. The van der Waals surface area contributed by atoms with E-state index in [2.05, 4.69) is 0 Å². The van der Waals surface area contributed by atoms with Crippen LogP contribution in [0.2, 0.25) is 0 Å². The summed E-state index contributed by atoms with van der Waals surface area (Å²) < 4.78 is 0. The molecule has 0 spiro atoms. The molecule has 4 heteroatoms. The number of phenols is 2. The molecular weight excluding hydrogens is 266 g/mol. The quantitative estimate of drug-likeness (QED) is 0.908. The van der Waals surface area contributed by atoms with Crippen molar-refractivity contribution in [2.45, 2.75) is 20.8 Å². The predicted octanol–water partition coefficient (Wildman–Crippen LogP) is 3.38. The summed E-state index contributed by atoms with van der Waals surface area (Å²) in [5.74, 6) is 0.140. The molecule has 0 aliphatic rings. The van der Waals surface area contributed by atoms with Crippen LogP contribution in [0.25, 0.3) is 0 Å². The number of amides is 1. The van der Waals surface area contributed by atoms with Crippen LogP contribution < -0.4 is 4.90 Å². The van der Waals surface area contributed by atoms with Gasteiger partial charge in [-0.1, -0.05) is 6.07 Å². The maximum atomic E-state index is 12.7. The van der Waals surface area contributed by atoms with Crippen molar-refractivity contribution in [3.63, 3.8) is 0 Å². The minimum atomic E-state index is -0.158. The highest BCUT2D eigenvalue weighted by Gasteiger charge is 2.18. The average Bonchev–Trinajstić information content (AvgIpc) is 2.46. The standard InChI is InChI=1S/C17H19NO3/c1-4-18(15-10-14(19)7-5-11(15)2)17(21)13-6-8-16(20)12(3)9-13/h5-10,19-20H,4H2,1-3H3. The van der Waals surface area contributed by atoms with Gasteiger partial charge in [0, 0.05) is 18.2 Å². The van der Waals surface area contributed by atoms with Gasteiger partial charge in [0.05, 0.1) is 5.69 Å². The Morgan fingerprint density at radius 3 is 2.38 bits per heavy atom. The van der Waals surface area contributed by atoms with E-state index in [9.17, 15) is 15.0 Å². The van der Waals surface area contributed by atoms with Crippen LogP contribution in [0.3, 0.4) is 0 Å². The van der Waals surface area contributed by atoms with Gasteiger partial charge in [0.2, 0.25) is 0 Å². The number of aryl methyl sites for hydroxylation is 2. The maximum Gasteiger partial charge on any atom is 0.258 e. The number of nitrogens with zero attached hydrogens (tertiary/aromatic N) is 1. The molecule has 0 aromatic heterocycles. The molecule has 2 aromatic carbocycles. The molecule has 2 rings (SSSR count). The highest BCUT2D eigenvalue weighted by atomic mass is 16.3. The predicted molar refractivity (Wildman–Crippen MR) is 83.0 cm³/mol. The van der Waals surface area contributed by atoms with Crippen LogP contribution in [0.15, 0.2) is 36.4 Å². The summed E-state index contributed by atoms with van der Waals surface area (Å²) in [6.45, 7) is 6.02. The molecule has 0 radical (unpaired) electrons. The lowest BCUT2D eigenvalue weighted by molar-refractivity contribution is 0.0988. The zero-order valence-corrected chi connectivity index (χ0v) is 12.4. The van der Waals surface area contributed by atoms with E-state index in [1.807, 2.05) is 13.8 Å². The first-order valence-corrected chi connectivity index (χ1v) is 6.85. The zero-order chi connectivity index (χ0) is 15.6. The van der Waals surface area contributed by atoms with Crippen LogP contribution in [0.1, 0.15) is 28.4 Å². The number of anilines is 1. The summed E-state index contributed by atoms with van der Waals surface area (Å²) in [6.07, 6.45) is 0. The molecule has 0 unspecified atom stereocenters. The van der Waals surface area contributed by atoms with Crippen molar-refractivity contribution in [3.05, 3.63) is 53.1 Å². The largest absolute Gasteiger partial charge is 0.508 e. The van der Waals surface area contributed by atoms with Crippen molar-refractivity contribution < 1.29 is 15.0 Å². The molecule has 0 atom stereocenters. The second-order valence-electron chi connectivity index (χ2n) is 5.02. The van der Waals surface area contributed by atoms with Crippen molar-refractivity contribution in [1.82, 2.24) is 0 Å². The Labute approximate surface area is 124 Å². The molecule has 0 saturated carbocycles. The molecule has 21 heavy (non-hydrogen) atoms. The van der Waals surface area contributed by atoms with Gasteiger partial charge in [-0.05, 0) is 56.2 Å². The third-order valence-corrected chi connectivity index (χ3v) is 3.49. The molecular formula is C17H19NO3. The normalized spacial score (nSPS) is 10.4. The molecule has 0 fully saturated rings. The highest BCUT2D eigenvalue weighted by molar-refractivity contribution is 6.06. The van der Waals surface area contributed by atoms with Crippen LogP contribution in [-0.2, 0) is 0 Å². The van der Waals surface area contributed by atoms with Gasteiger partial charge in [-0.15, -0.1) is 0 Å². The molecule has 1 amide bonds. The number of rotatable bonds is 3. The van der Waals surface area contributed by atoms with Crippen LogP contribution >= 0.6 is 0 Å². The molecule has 0 aliphatic carbocycles. The fourth-order valence-corrected chi connectivity index (χ4v) is 2.26. The summed E-state index contributed by atoms with van der Waals surface area (Å²) in [5.41, 5.74) is 2.77. The summed E-state index contributed by atoms with van der Waals surface area (Å²) in [4.78, 5) is 14.3. The van der Waals surface area contributed by atoms with E-state index < -0.39 is 0 Å². The Morgan fingerprint density at radius 2 is 1.76 bits per heavy atom. The van der Waals surface area contributed by atoms with Crippen molar-refractivity contribution in [2.75, 3.05) is 11.4 Å². The third-order valence-electron chi connectivity index (χ3n) is 3.49. The maximum absolute atomic E-state index is 12.7. The van der Waals surface area contributed by atoms with Crippen LogP contribution in [0, 0.1) is 13.8 Å². The van der Waals surface area contributed by atoms with Gasteiger partial charge in [-0.25, -0.2) is 0 Å². The van der Waals surface area contributed by atoms with Crippen LogP contribution in [0.5, 0.6) is 11.5 Å². The van der Waals surface area contributed by atoms with Gasteiger partial charge in [0.1, 0.15) is 11.5 Å². The Bertz CT molecular complexity index is 680. The summed E-state index contributed by atoms with van der Waals surface area (Å²) in [7, 11) is 0. The molecule has 0 bridgehead atoms. The molecule has 0 heterocycles. The minimum Gasteiger partial charge on any atom is -0.508 e. The van der Waals surface area contributed by atoms with E-state index in [4.69, 9.17) is 0 Å². The number of benzene rings is 2. The molecule has 2 aromatic rings. The number of hydrogen-bond donors (Lipinski definition) is 2. The average molecular weight is 285 g/mol. The number of aromatic hydroxyl groups is 2. The first-order chi connectivity index (χ1) is 9.93. The number of phenolic OH excluding ortho intramolecular Hbond substituents is 2. The topological polar surface area (TPSA) is 60.8 Å². The molecule has 0 saturated heterocycles. The first kappa shape index (κ1) is 14.9. The van der Waals surface area contributed by atoms with Crippen LogP contribution in [-0.4, -0.2) is 22.7 Å². The van der Waals surface area contributed by atoms with Gasteiger partial charge in [-0.3, -0.25) is 4.79 Å². The smallest absolute Gasteiger partial charge is 0.258 e. The zero-order valence-electron chi connectivity index (χ0n) is 12.4. The first-order valence-electron chi connectivity index (χ1n) is 6.85. The fourth-order valence-electron chi connectivity index (χ4n) is 2.26. The number of carbonyl (C=O) groups excluding carboxylic acids is 1. The van der Waals surface area contributed by atoms with Crippen molar-refractivity contribution >= 4 is 11.6 Å². The SMILES string of the molecule is CCN(C(=O)c1ccc(O)c(C)c1)c1cc(O)ccc1C. The second-order valence-corrected chi connectivity index (χ2v) is 5.02. The van der Waals surface area contributed by atoms with Gasteiger partial charge < -0.3 is 15.1 Å². The van der Waals surface area contributed by atoms with Crippen LogP contribution in [0.4, 0.5) is 5.69 Å². The van der Waals surface area contributed by atoms with Gasteiger partial charge in [0.25, 0.3) is 5.91 Å². The van der Waals surface area contributed by atoms with Gasteiger partial charge >= 0.3 is 0 Å². The number of hydrogen-bond acceptors (Lipinski definition) is 3. The summed E-state index contributed by atoms with van der Waals surface area (Å²) in [5, 5.41) is 19.2. The minimum absolute atomic E-state index is 0.128. The lowest BCUT2D eigenvalue weighted by atomic mass is 10.1. The highest BCUT2D eigenvalue weighted by Crippen LogP contribution is 2.27. The lowest BCUT2D eigenvalue weighted by Gasteiger charge is -2.23. The second kappa shape index (κ2) is 5.87. The van der Waals surface area contributed by atoms with Crippen molar-refractivity contribution in [3.8, 4) is 11.5 Å². The monoisotopic (exact) mass is 285 g/mol. The van der Waals surface area contributed by atoms with E-state index in [-0.39, 0.29) is 17.4 Å². The third kappa shape index (κ3) is 2.99. The van der Waals surface area contributed by atoms with Crippen molar-refractivity contribution in [2.24, 2.45) is 0 Å². The van der Waals surface area contributed by atoms with Crippen molar-refractivity contribution in [1.29, 1.82) is 0 Å². The number of carbonyl (C=O) groups is 1. The van der Waals surface area contributed by atoms with Gasteiger partial charge in [0.15, 0.2) is 0 Å². The summed E-state index contributed by atoms with van der Waals surface area (Å²) >= 11 is 0. The molecule has 110 valence electrons. The molecule has 0 aliphatic heterocycles. The summed E-state index contributed by atoms with van der Waals surface area (Å²) in [6, 6.07) is 9.75. The molecule has 4 nitrogen and oxygen atoms in total. The Morgan fingerprint density at radius 1 is 1.05 bits per heavy atom. The molecule has 2 N–H and O–H groups in total. The van der Waals surface area contributed by atoms with E-state index >= 15 is 0 Å². The lowest BCUT2D eigenvalue weighted by Crippen LogP contribution is -2.31. The van der Waals surface area contributed by atoms with E-state index in [1.165, 1.54) is 6.07 Å².